The number of aliphatic hydroxyl groups excluding tert-OH is 1. The summed E-state index contributed by atoms with van der Waals surface area (Å²) in [6.07, 6.45) is -1.05. The smallest absolute Gasteiger partial charge is 0.219 e. The van der Waals surface area contributed by atoms with Gasteiger partial charge in [-0.25, -0.2) is 0 Å². The van der Waals surface area contributed by atoms with Crippen molar-refractivity contribution in [1.29, 1.82) is 0 Å². The Bertz CT molecular complexity index is 319. The molecule has 6 heteroatoms. The zero-order valence-electron chi connectivity index (χ0n) is 12.0. The lowest BCUT2D eigenvalue weighted by atomic mass is 9.70. The molecule has 0 aromatic rings. The lowest BCUT2D eigenvalue weighted by Gasteiger charge is -2.59. The number of ether oxygens (including phenoxy) is 1. The molecule has 5 atom stereocenters. The second-order valence-electron chi connectivity index (χ2n) is 6.66. The van der Waals surface area contributed by atoms with Crippen LogP contribution in [0.15, 0.2) is 0 Å². The molecule has 18 heavy (non-hydrogen) atoms. The molecule has 1 fully saturated rings. The Morgan fingerprint density at radius 1 is 1.00 bits per heavy atom. The van der Waals surface area contributed by atoms with E-state index in [2.05, 4.69) is 0 Å². The quantitative estimate of drug-likeness (QED) is 0.464. The van der Waals surface area contributed by atoms with Crippen molar-refractivity contribution in [2.24, 2.45) is 0 Å². The van der Waals surface area contributed by atoms with Gasteiger partial charge in [-0.05, 0) is 20.8 Å². The van der Waals surface area contributed by atoms with Crippen LogP contribution in [0.2, 0.25) is 0 Å². The van der Waals surface area contributed by atoms with E-state index in [0.717, 1.165) is 0 Å². The van der Waals surface area contributed by atoms with Gasteiger partial charge in [0, 0.05) is 0 Å². The van der Waals surface area contributed by atoms with Gasteiger partial charge in [-0.1, -0.05) is 0 Å². The Kier molecular flexibility index (Phi) is 3.63. The molecule has 0 radical (unpaired) electrons. The molecular formula is C12H26NO5+. The van der Waals surface area contributed by atoms with E-state index in [0.29, 0.717) is 0 Å². The molecule has 0 spiro atoms. The minimum Gasteiger partial charge on any atom is -0.394 e. The summed E-state index contributed by atoms with van der Waals surface area (Å²) in [5, 5.41) is 40.9. The summed E-state index contributed by atoms with van der Waals surface area (Å²) in [4.78, 5) is 0. The standard InChI is InChI=1S/C12H26NO5/c1-10(15)8(7-14)18-12(3,17)9(11(10,2)16)13(4,5)6/h8-9,14-17H,7H2,1-6H3/q+1. The lowest BCUT2D eigenvalue weighted by Crippen LogP contribution is -2.81. The number of nitrogens with zero attached hydrogens (tertiary/aromatic N) is 1. The third-order valence-corrected chi connectivity index (χ3v) is 4.01. The van der Waals surface area contributed by atoms with Crippen LogP contribution in [0.25, 0.3) is 0 Å². The van der Waals surface area contributed by atoms with Crippen molar-refractivity contribution in [3.63, 3.8) is 0 Å². The summed E-state index contributed by atoms with van der Waals surface area (Å²) in [5.41, 5.74) is -3.29. The number of hydrogen-bond acceptors (Lipinski definition) is 5. The molecule has 6 nitrogen and oxygen atoms in total. The van der Waals surface area contributed by atoms with Gasteiger partial charge in [0.05, 0.1) is 27.7 Å². The topological polar surface area (TPSA) is 90.2 Å². The molecule has 4 N–H and O–H groups in total. The van der Waals surface area contributed by atoms with Crippen LogP contribution in [0.4, 0.5) is 0 Å². The summed E-state index contributed by atoms with van der Waals surface area (Å²) in [6.45, 7) is 3.82. The van der Waals surface area contributed by atoms with Crippen molar-refractivity contribution >= 4 is 0 Å². The minimum absolute atomic E-state index is 0.203. The summed E-state index contributed by atoms with van der Waals surface area (Å²) < 4.78 is 5.60. The normalized spacial score (nSPS) is 50.3. The first-order valence-electron chi connectivity index (χ1n) is 6.05. The fourth-order valence-corrected chi connectivity index (χ4v) is 3.28. The molecule has 0 saturated carbocycles. The highest BCUT2D eigenvalue weighted by molar-refractivity contribution is 5.11. The van der Waals surface area contributed by atoms with E-state index < -0.39 is 35.7 Å². The van der Waals surface area contributed by atoms with Gasteiger partial charge in [-0.3, -0.25) is 0 Å². The van der Waals surface area contributed by atoms with Crippen molar-refractivity contribution < 1.29 is 29.6 Å². The van der Waals surface area contributed by atoms with Crippen molar-refractivity contribution in [3.8, 4) is 0 Å². The number of rotatable bonds is 2. The zero-order valence-corrected chi connectivity index (χ0v) is 12.0. The first-order chi connectivity index (χ1) is 7.78. The maximum atomic E-state index is 10.7. The number of hydrogen-bond donors (Lipinski definition) is 4. The number of quaternary nitrogens is 1. The van der Waals surface area contributed by atoms with E-state index in [4.69, 9.17) is 4.74 Å². The molecule has 1 saturated heterocycles. The van der Waals surface area contributed by atoms with Crippen LogP contribution in [-0.2, 0) is 4.74 Å². The summed E-state index contributed by atoms with van der Waals surface area (Å²) in [7, 11) is 5.39. The second kappa shape index (κ2) is 4.13. The third kappa shape index (κ3) is 2.17. The molecule has 0 aliphatic carbocycles. The van der Waals surface area contributed by atoms with Crippen LogP contribution < -0.4 is 0 Å². The van der Waals surface area contributed by atoms with E-state index in [1.54, 1.807) is 21.1 Å². The van der Waals surface area contributed by atoms with Crippen molar-refractivity contribution in [2.45, 2.75) is 49.9 Å². The number of likely N-dealkylation sites (N-methyl/N-ethyl adjacent to an activating group) is 1. The highest BCUT2D eigenvalue weighted by Gasteiger charge is 2.68. The molecular weight excluding hydrogens is 238 g/mol. The van der Waals surface area contributed by atoms with Gasteiger partial charge in [0.15, 0.2) is 6.04 Å². The van der Waals surface area contributed by atoms with E-state index in [1.165, 1.54) is 20.8 Å². The van der Waals surface area contributed by atoms with Gasteiger partial charge in [0.25, 0.3) is 0 Å². The highest BCUT2D eigenvalue weighted by Crippen LogP contribution is 2.44. The Hall–Kier alpha value is -0.240. The molecule has 1 rings (SSSR count). The monoisotopic (exact) mass is 264 g/mol. The fourth-order valence-electron chi connectivity index (χ4n) is 3.28. The summed E-state index contributed by atoms with van der Waals surface area (Å²) in [6, 6.07) is -0.775. The minimum atomic E-state index is -1.67. The molecule has 1 aliphatic rings. The van der Waals surface area contributed by atoms with Gasteiger partial charge >= 0.3 is 0 Å². The average molecular weight is 264 g/mol. The second-order valence-corrected chi connectivity index (χ2v) is 6.66. The Morgan fingerprint density at radius 3 is 1.78 bits per heavy atom. The maximum absolute atomic E-state index is 10.7. The zero-order chi connectivity index (χ0) is 14.6. The highest BCUT2D eigenvalue weighted by atomic mass is 16.7. The van der Waals surface area contributed by atoms with Crippen LogP contribution >= 0.6 is 0 Å². The Labute approximate surface area is 108 Å². The lowest BCUT2D eigenvalue weighted by molar-refractivity contribution is -0.920. The van der Waals surface area contributed by atoms with E-state index in [-0.39, 0.29) is 4.48 Å². The molecule has 1 aliphatic heterocycles. The fraction of sp³-hybridized carbons (Fsp3) is 1.00. The van der Waals surface area contributed by atoms with Crippen LogP contribution in [0.5, 0.6) is 0 Å². The molecule has 0 aromatic heterocycles. The third-order valence-electron chi connectivity index (χ3n) is 4.01. The van der Waals surface area contributed by atoms with Crippen LogP contribution in [0.1, 0.15) is 20.8 Å². The van der Waals surface area contributed by atoms with Crippen molar-refractivity contribution in [2.75, 3.05) is 27.7 Å². The first-order valence-corrected chi connectivity index (χ1v) is 6.05. The Morgan fingerprint density at radius 2 is 1.44 bits per heavy atom. The average Bonchev–Trinajstić information content (AvgIpc) is 2.08. The first kappa shape index (κ1) is 15.8. The van der Waals surface area contributed by atoms with Crippen LogP contribution in [-0.4, -0.2) is 81.8 Å². The van der Waals surface area contributed by atoms with Crippen LogP contribution in [0, 0.1) is 0 Å². The van der Waals surface area contributed by atoms with Gasteiger partial charge in [0.1, 0.15) is 17.3 Å². The molecule has 1 heterocycles. The molecule has 0 aromatic carbocycles. The van der Waals surface area contributed by atoms with Gasteiger partial charge in [0.2, 0.25) is 5.79 Å². The molecule has 5 unspecified atom stereocenters. The summed E-state index contributed by atoms with van der Waals surface area (Å²) >= 11 is 0. The molecule has 0 amide bonds. The maximum Gasteiger partial charge on any atom is 0.219 e. The van der Waals surface area contributed by atoms with E-state index in [9.17, 15) is 20.4 Å². The predicted octanol–water partition coefficient (Wildman–Crippen LogP) is -1.34. The largest absolute Gasteiger partial charge is 0.394 e. The van der Waals surface area contributed by atoms with Crippen molar-refractivity contribution in [3.05, 3.63) is 0 Å². The predicted molar refractivity (Wildman–Crippen MR) is 65.7 cm³/mol. The molecule has 108 valence electrons. The van der Waals surface area contributed by atoms with Gasteiger partial charge < -0.3 is 29.6 Å². The van der Waals surface area contributed by atoms with E-state index in [1.807, 2.05) is 0 Å². The van der Waals surface area contributed by atoms with Gasteiger partial charge in [-0.2, -0.15) is 0 Å². The van der Waals surface area contributed by atoms with Crippen LogP contribution in [0.3, 0.4) is 0 Å². The summed E-state index contributed by atoms with van der Waals surface area (Å²) in [5.74, 6) is -1.66. The SMILES string of the molecule is CC1(O)OC(CO)C(C)(O)C(C)(O)C1[N+](C)(C)C. The number of aliphatic hydroxyl groups is 4. The van der Waals surface area contributed by atoms with E-state index >= 15 is 0 Å². The molecule has 0 bridgehead atoms. The van der Waals surface area contributed by atoms with Gasteiger partial charge in [-0.15, -0.1) is 0 Å². The van der Waals surface area contributed by atoms with Crippen molar-refractivity contribution in [1.82, 2.24) is 0 Å². The Balaban J connectivity index is 3.35.